The molecule has 1 saturated carbocycles. The number of hydrogen-bond acceptors (Lipinski definition) is 8. The summed E-state index contributed by atoms with van der Waals surface area (Å²) in [5.74, 6) is -0.374. The number of Topliss-reactive ketones (excluding diaryl/α,β-unsaturated/α-hetero) is 1. The van der Waals surface area contributed by atoms with Crippen LogP contribution in [-0.4, -0.2) is 75.0 Å². The van der Waals surface area contributed by atoms with Crippen LogP contribution in [0.5, 0.6) is 0 Å². The van der Waals surface area contributed by atoms with E-state index in [1.807, 2.05) is 30.3 Å². The van der Waals surface area contributed by atoms with E-state index in [9.17, 15) is 14.4 Å². The summed E-state index contributed by atoms with van der Waals surface area (Å²) in [4.78, 5) is 42.8. The van der Waals surface area contributed by atoms with Gasteiger partial charge in [-0.2, -0.15) is 0 Å². The molecule has 1 aromatic carbocycles. The Hall–Kier alpha value is -2.69. The summed E-state index contributed by atoms with van der Waals surface area (Å²) in [6.07, 6.45) is 6.53. The summed E-state index contributed by atoms with van der Waals surface area (Å²) >= 11 is 1.22. The first-order valence-corrected chi connectivity index (χ1v) is 14.1. The molecule has 2 fully saturated rings. The largest absolute Gasteiger partial charge is 0.395 e. The molecule has 9 nitrogen and oxygen atoms in total. The molecular weight excluding hydrogens is 490 g/mol. The van der Waals surface area contributed by atoms with Gasteiger partial charge >= 0.3 is 0 Å². The number of likely N-dealkylation sites (tertiary alicyclic amines) is 1. The van der Waals surface area contributed by atoms with Crippen molar-refractivity contribution in [1.82, 2.24) is 25.1 Å². The third kappa shape index (κ3) is 6.80. The normalized spacial score (nSPS) is 19.9. The third-order valence-corrected chi connectivity index (χ3v) is 8.21. The zero-order chi connectivity index (χ0) is 26.2. The van der Waals surface area contributed by atoms with E-state index in [0.29, 0.717) is 25.2 Å². The highest BCUT2D eigenvalue weighted by atomic mass is 32.1. The minimum atomic E-state index is -0.649. The quantitative estimate of drug-likeness (QED) is 0.410. The van der Waals surface area contributed by atoms with Crippen LogP contribution in [0.3, 0.4) is 0 Å². The second-order valence-corrected chi connectivity index (χ2v) is 10.9. The van der Waals surface area contributed by atoms with Gasteiger partial charge in [0.25, 0.3) is 0 Å². The van der Waals surface area contributed by atoms with Gasteiger partial charge in [0.2, 0.25) is 11.8 Å². The van der Waals surface area contributed by atoms with Gasteiger partial charge in [0.15, 0.2) is 5.78 Å². The van der Waals surface area contributed by atoms with Crippen LogP contribution in [-0.2, 0) is 20.8 Å². The maximum Gasteiger partial charge on any atom is 0.246 e. The number of nitrogens with one attached hydrogen (secondary N) is 2. The Morgan fingerprint density at radius 3 is 2.59 bits per heavy atom. The highest BCUT2D eigenvalue weighted by Crippen LogP contribution is 2.31. The molecule has 4 rings (SSSR count). The van der Waals surface area contributed by atoms with Crippen molar-refractivity contribution in [3.8, 4) is 11.3 Å². The first kappa shape index (κ1) is 27.3. The van der Waals surface area contributed by atoms with Crippen LogP contribution in [0.25, 0.3) is 11.3 Å². The van der Waals surface area contributed by atoms with Gasteiger partial charge in [-0.3, -0.25) is 14.4 Å². The second-order valence-electron chi connectivity index (χ2n) is 10.0. The number of aromatic nitrogens is 2. The average Bonchev–Trinajstić information content (AvgIpc) is 3.61. The first-order chi connectivity index (χ1) is 18.0. The molecule has 1 aliphatic carbocycles. The minimum Gasteiger partial charge on any atom is -0.395 e. The number of aliphatic hydroxyl groups is 1. The van der Waals surface area contributed by atoms with Crippen molar-refractivity contribution in [3.05, 3.63) is 35.2 Å². The number of amides is 2. The molecular formula is C27H37N5O4S. The van der Waals surface area contributed by atoms with Crippen LogP contribution in [0, 0.1) is 5.92 Å². The maximum atomic E-state index is 13.9. The Morgan fingerprint density at radius 2 is 1.86 bits per heavy atom. The average molecular weight is 528 g/mol. The number of rotatable bonds is 11. The number of benzene rings is 1. The molecule has 37 heavy (non-hydrogen) atoms. The van der Waals surface area contributed by atoms with E-state index in [4.69, 9.17) is 5.11 Å². The number of carbonyl (C=O) groups excluding carboxylic acids is 3. The van der Waals surface area contributed by atoms with Crippen molar-refractivity contribution in [2.45, 2.75) is 76.4 Å². The SMILES string of the molecule is C[C@@H](NCCO)C(=O)N[C@H](C(=O)N1CCC[C@H]1C(=O)Cc1snnc1-c1ccccc1)C1CCCCC1. The summed E-state index contributed by atoms with van der Waals surface area (Å²) in [7, 11) is 0. The third-order valence-electron chi connectivity index (χ3n) is 7.49. The van der Waals surface area contributed by atoms with Gasteiger partial charge in [0.05, 0.1) is 23.6 Å². The smallest absolute Gasteiger partial charge is 0.246 e. The Kier molecular flexibility index (Phi) is 9.76. The molecule has 2 aromatic rings. The Morgan fingerprint density at radius 1 is 1.11 bits per heavy atom. The molecule has 1 aromatic heterocycles. The van der Waals surface area contributed by atoms with Crippen molar-refractivity contribution in [2.75, 3.05) is 19.7 Å². The van der Waals surface area contributed by atoms with Crippen LogP contribution in [0.4, 0.5) is 0 Å². The fraction of sp³-hybridized carbons (Fsp3) is 0.593. The molecule has 3 atom stereocenters. The molecule has 0 unspecified atom stereocenters. The molecule has 3 N–H and O–H groups in total. The second kappa shape index (κ2) is 13.2. The first-order valence-electron chi connectivity index (χ1n) is 13.3. The highest BCUT2D eigenvalue weighted by molar-refractivity contribution is 7.06. The van der Waals surface area contributed by atoms with E-state index in [0.717, 1.165) is 49.0 Å². The lowest BCUT2D eigenvalue weighted by Crippen LogP contribution is -2.57. The van der Waals surface area contributed by atoms with Crippen LogP contribution >= 0.6 is 11.5 Å². The zero-order valence-electron chi connectivity index (χ0n) is 21.4. The molecule has 2 amide bonds. The van der Waals surface area contributed by atoms with Crippen molar-refractivity contribution in [3.63, 3.8) is 0 Å². The Balaban J connectivity index is 1.48. The van der Waals surface area contributed by atoms with E-state index in [-0.39, 0.29) is 36.5 Å². The van der Waals surface area contributed by atoms with Gasteiger partial charge in [-0.15, -0.1) is 5.10 Å². The number of nitrogens with zero attached hydrogens (tertiary/aromatic N) is 3. The van der Waals surface area contributed by atoms with E-state index in [2.05, 4.69) is 20.2 Å². The molecule has 1 saturated heterocycles. The summed E-state index contributed by atoms with van der Waals surface area (Å²) in [5.41, 5.74) is 1.63. The van der Waals surface area contributed by atoms with Gasteiger partial charge in [-0.05, 0) is 50.1 Å². The zero-order valence-corrected chi connectivity index (χ0v) is 22.2. The lowest BCUT2D eigenvalue weighted by molar-refractivity contribution is -0.142. The molecule has 0 bridgehead atoms. The minimum absolute atomic E-state index is 0.0132. The predicted octanol–water partition coefficient (Wildman–Crippen LogP) is 2.34. The molecule has 2 aliphatic rings. The van der Waals surface area contributed by atoms with Gasteiger partial charge < -0.3 is 20.6 Å². The van der Waals surface area contributed by atoms with Gasteiger partial charge in [0, 0.05) is 25.1 Å². The predicted molar refractivity (Wildman–Crippen MR) is 142 cm³/mol. The molecule has 1 aliphatic heterocycles. The lowest BCUT2D eigenvalue weighted by Gasteiger charge is -2.35. The number of carbonyl (C=O) groups is 3. The van der Waals surface area contributed by atoms with Crippen LogP contribution in [0.2, 0.25) is 0 Å². The molecule has 0 spiro atoms. The van der Waals surface area contributed by atoms with Crippen LogP contribution < -0.4 is 10.6 Å². The number of ketones is 1. The van der Waals surface area contributed by atoms with Gasteiger partial charge in [-0.25, -0.2) is 0 Å². The molecule has 0 radical (unpaired) electrons. The van der Waals surface area contributed by atoms with Crippen molar-refractivity contribution in [1.29, 1.82) is 0 Å². The van der Waals surface area contributed by atoms with E-state index in [1.165, 1.54) is 11.5 Å². The van der Waals surface area contributed by atoms with Gasteiger partial charge in [-0.1, -0.05) is 54.1 Å². The maximum absolute atomic E-state index is 13.9. The highest BCUT2D eigenvalue weighted by Gasteiger charge is 2.41. The summed E-state index contributed by atoms with van der Waals surface area (Å²) < 4.78 is 4.08. The van der Waals surface area contributed by atoms with Crippen LogP contribution in [0.15, 0.2) is 30.3 Å². The van der Waals surface area contributed by atoms with E-state index in [1.54, 1.807) is 11.8 Å². The van der Waals surface area contributed by atoms with Crippen LogP contribution in [0.1, 0.15) is 56.7 Å². The standard InChI is InChI=1S/C27H37N5O4S/c1-18(28-14-16-33)26(35)29-25(20-11-6-3-7-12-20)27(36)32-15-8-13-21(32)22(34)17-23-24(30-31-37-23)19-9-4-2-5-10-19/h2,4-5,9-10,18,20-21,25,28,33H,3,6-8,11-17H2,1H3,(H,29,35)/t18-,21+,25+/m1/s1. The summed E-state index contributed by atoms with van der Waals surface area (Å²) in [6.45, 7) is 2.47. The van der Waals surface area contributed by atoms with E-state index >= 15 is 0 Å². The monoisotopic (exact) mass is 527 g/mol. The molecule has 200 valence electrons. The van der Waals surface area contributed by atoms with Crippen molar-refractivity contribution >= 4 is 29.1 Å². The van der Waals surface area contributed by atoms with Gasteiger partial charge in [0.1, 0.15) is 11.7 Å². The van der Waals surface area contributed by atoms with Crippen molar-refractivity contribution < 1.29 is 19.5 Å². The van der Waals surface area contributed by atoms with Crippen molar-refractivity contribution in [2.24, 2.45) is 5.92 Å². The summed E-state index contributed by atoms with van der Waals surface area (Å²) in [5, 5.41) is 19.3. The van der Waals surface area contributed by atoms with E-state index < -0.39 is 18.1 Å². The Labute approximate surface area is 222 Å². The lowest BCUT2D eigenvalue weighted by atomic mass is 9.83. The molecule has 10 heteroatoms. The number of aliphatic hydroxyl groups excluding tert-OH is 1. The fourth-order valence-corrected chi connectivity index (χ4v) is 6.13. The molecule has 2 heterocycles. The number of hydrogen-bond donors (Lipinski definition) is 3. The summed E-state index contributed by atoms with van der Waals surface area (Å²) in [6, 6.07) is 8.00. The Bertz CT molecular complexity index is 1060. The fourth-order valence-electron chi connectivity index (χ4n) is 5.46. The topological polar surface area (TPSA) is 125 Å².